The molecule has 1 amide bonds. The van der Waals surface area contributed by atoms with E-state index in [2.05, 4.69) is 35.5 Å². The van der Waals surface area contributed by atoms with E-state index in [0.29, 0.717) is 73.2 Å². The lowest BCUT2D eigenvalue weighted by molar-refractivity contribution is -0.160. The van der Waals surface area contributed by atoms with Gasteiger partial charge in [-0.25, -0.2) is 9.78 Å². The summed E-state index contributed by atoms with van der Waals surface area (Å²) < 4.78 is 19.3. The van der Waals surface area contributed by atoms with Gasteiger partial charge in [-0.3, -0.25) is 9.59 Å². The predicted molar refractivity (Wildman–Crippen MR) is 178 cm³/mol. The maximum absolute atomic E-state index is 13.3. The Morgan fingerprint density at radius 2 is 1.81 bits per heavy atom. The van der Waals surface area contributed by atoms with Gasteiger partial charge in [-0.05, 0) is 53.5 Å². The van der Waals surface area contributed by atoms with Crippen LogP contribution >= 0.6 is 0 Å². The van der Waals surface area contributed by atoms with Crippen LogP contribution < -0.4 is 15.0 Å². The van der Waals surface area contributed by atoms with Gasteiger partial charge in [0.1, 0.15) is 18.2 Å². The molecule has 3 aromatic rings. The summed E-state index contributed by atoms with van der Waals surface area (Å²) in [7, 11) is 0. The van der Waals surface area contributed by atoms with E-state index < -0.39 is 23.6 Å². The quantitative estimate of drug-likeness (QED) is 0.224. The van der Waals surface area contributed by atoms with Crippen molar-refractivity contribution in [1.29, 1.82) is 0 Å². The highest BCUT2D eigenvalue weighted by Crippen LogP contribution is 2.37. The molecule has 1 aliphatic rings. The topological polar surface area (TPSA) is 145 Å². The van der Waals surface area contributed by atoms with Crippen LogP contribution in [-0.2, 0) is 25.5 Å². The molecule has 47 heavy (non-hydrogen) atoms. The van der Waals surface area contributed by atoms with Gasteiger partial charge in [-0.2, -0.15) is 9.61 Å². The smallest absolute Gasteiger partial charge is 0.337 e. The summed E-state index contributed by atoms with van der Waals surface area (Å²) in [5.41, 5.74) is 0.759. The molecule has 2 N–H and O–H groups in total. The average Bonchev–Trinajstić information content (AvgIpc) is 3.44. The first kappa shape index (κ1) is 35.3. The van der Waals surface area contributed by atoms with Crippen LogP contribution in [0.15, 0.2) is 55.6 Å². The van der Waals surface area contributed by atoms with E-state index in [1.54, 1.807) is 52.0 Å². The van der Waals surface area contributed by atoms with E-state index in [0.717, 1.165) is 0 Å². The number of rotatable bonds is 15. The Hall–Kier alpha value is -4.55. The maximum atomic E-state index is 13.3. The van der Waals surface area contributed by atoms with Crippen LogP contribution in [-0.4, -0.2) is 81.4 Å². The number of aromatic nitrogens is 3. The van der Waals surface area contributed by atoms with Crippen LogP contribution in [0.5, 0.6) is 5.75 Å². The number of nitrogens with zero attached hydrogens (tertiary/aromatic N) is 4. The molecule has 1 saturated heterocycles. The lowest BCUT2D eigenvalue weighted by Crippen LogP contribution is -2.45. The molecule has 1 atom stereocenters. The summed E-state index contributed by atoms with van der Waals surface area (Å²) in [6.45, 7) is 18.1. The van der Waals surface area contributed by atoms with Gasteiger partial charge in [0.2, 0.25) is 0 Å². The van der Waals surface area contributed by atoms with E-state index in [-0.39, 0.29) is 30.0 Å². The lowest BCUT2D eigenvalue weighted by Gasteiger charge is -2.41. The monoisotopic (exact) mass is 647 g/mol. The SMILES string of the molecule is C=CCOc1ccccc1CC(=O)CNC(=O)c1cc2nc(C)c(C(OC(C)(C)C)C(=O)O)c(N3CCC(C)(OCC=C)CC3)n2n1. The fraction of sp³-hybridized carbons (Fsp3) is 0.457. The van der Waals surface area contributed by atoms with Crippen molar-refractivity contribution in [2.45, 2.75) is 71.2 Å². The number of hydrogen-bond donors (Lipinski definition) is 2. The fourth-order valence-corrected chi connectivity index (χ4v) is 5.50. The first-order chi connectivity index (χ1) is 22.2. The molecule has 12 heteroatoms. The van der Waals surface area contributed by atoms with Gasteiger partial charge in [0.25, 0.3) is 5.91 Å². The van der Waals surface area contributed by atoms with Crippen molar-refractivity contribution < 1.29 is 33.7 Å². The van der Waals surface area contributed by atoms with E-state index in [4.69, 9.17) is 14.2 Å². The number of aryl methyl sites for hydroxylation is 1. The van der Waals surface area contributed by atoms with Crippen molar-refractivity contribution in [2.24, 2.45) is 0 Å². The number of anilines is 1. The van der Waals surface area contributed by atoms with Gasteiger partial charge in [-0.15, -0.1) is 6.58 Å². The molecule has 0 saturated carbocycles. The molecule has 1 aliphatic heterocycles. The predicted octanol–water partition coefficient (Wildman–Crippen LogP) is 4.65. The van der Waals surface area contributed by atoms with Crippen molar-refractivity contribution >= 4 is 29.1 Å². The second-order valence-corrected chi connectivity index (χ2v) is 12.8. The van der Waals surface area contributed by atoms with Crippen LogP contribution in [0.2, 0.25) is 0 Å². The molecule has 12 nitrogen and oxygen atoms in total. The number of carbonyl (C=O) groups is 3. The molecule has 4 rings (SSSR count). The minimum Gasteiger partial charge on any atom is -0.489 e. The van der Waals surface area contributed by atoms with Crippen molar-refractivity contribution in [3.8, 4) is 5.75 Å². The molecular weight excluding hydrogens is 602 g/mol. The highest BCUT2D eigenvalue weighted by molar-refractivity contribution is 5.96. The summed E-state index contributed by atoms with van der Waals surface area (Å²) in [4.78, 5) is 45.5. The highest BCUT2D eigenvalue weighted by atomic mass is 16.5. The number of carboxylic acids is 1. The lowest BCUT2D eigenvalue weighted by atomic mass is 9.92. The molecule has 0 spiro atoms. The number of ketones is 1. The Bertz CT molecular complexity index is 1630. The fourth-order valence-electron chi connectivity index (χ4n) is 5.50. The van der Waals surface area contributed by atoms with Gasteiger partial charge in [0.15, 0.2) is 23.2 Å². The maximum Gasteiger partial charge on any atom is 0.337 e. The van der Waals surface area contributed by atoms with Gasteiger partial charge in [0, 0.05) is 36.8 Å². The number of hydrogen-bond acceptors (Lipinski definition) is 9. The number of carbonyl (C=O) groups excluding carboxylic acids is 2. The molecule has 1 aromatic carbocycles. The summed E-state index contributed by atoms with van der Waals surface area (Å²) in [5, 5.41) is 17.6. The molecule has 0 radical (unpaired) electrons. The van der Waals surface area contributed by atoms with E-state index in [1.807, 2.05) is 17.0 Å². The van der Waals surface area contributed by atoms with Crippen LogP contribution in [0.1, 0.15) is 73.9 Å². The number of aliphatic carboxylic acids is 1. The first-order valence-corrected chi connectivity index (χ1v) is 15.7. The number of fused-ring (bicyclic) bond motifs is 1. The van der Waals surface area contributed by atoms with E-state index in [9.17, 15) is 19.5 Å². The van der Waals surface area contributed by atoms with Gasteiger partial charge in [0.05, 0.1) is 29.9 Å². The van der Waals surface area contributed by atoms with Crippen LogP contribution in [0, 0.1) is 6.92 Å². The minimum absolute atomic E-state index is 0.0394. The molecule has 3 heterocycles. The van der Waals surface area contributed by atoms with E-state index >= 15 is 0 Å². The van der Waals surface area contributed by atoms with Gasteiger partial charge in [-0.1, -0.05) is 36.9 Å². The van der Waals surface area contributed by atoms with E-state index in [1.165, 1.54) is 10.6 Å². The third-order valence-corrected chi connectivity index (χ3v) is 7.83. The Kier molecular flexibility index (Phi) is 11.2. The zero-order valence-electron chi connectivity index (χ0n) is 27.9. The van der Waals surface area contributed by atoms with Gasteiger partial charge >= 0.3 is 5.97 Å². The molecule has 2 aromatic heterocycles. The summed E-state index contributed by atoms with van der Waals surface area (Å²) in [6.07, 6.45) is 3.40. The summed E-state index contributed by atoms with van der Waals surface area (Å²) in [6, 6.07) is 8.75. The second-order valence-electron chi connectivity index (χ2n) is 12.8. The molecule has 0 aliphatic carbocycles. The summed E-state index contributed by atoms with van der Waals surface area (Å²) in [5.74, 6) is -0.872. The number of piperidine rings is 1. The Labute approximate surface area is 275 Å². The molecule has 252 valence electrons. The molecule has 1 unspecified atom stereocenters. The molecule has 1 fully saturated rings. The number of nitrogens with one attached hydrogen (secondary N) is 1. The van der Waals surface area contributed by atoms with Crippen molar-refractivity contribution in [1.82, 2.24) is 19.9 Å². The normalized spacial score (nSPS) is 15.2. The highest BCUT2D eigenvalue weighted by Gasteiger charge is 2.38. The van der Waals surface area contributed by atoms with Gasteiger partial charge < -0.3 is 29.5 Å². The number of amides is 1. The zero-order chi connectivity index (χ0) is 34.4. The summed E-state index contributed by atoms with van der Waals surface area (Å²) >= 11 is 0. The van der Waals surface area contributed by atoms with Crippen molar-refractivity contribution in [2.75, 3.05) is 37.7 Å². The first-order valence-electron chi connectivity index (χ1n) is 15.7. The molecule has 0 bridgehead atoms. The minimum atomic E-state index is -1.34. The Morgan fingerprint density at radius 3 is 2.45 bits per heavy atom. The number of ether oxygens (including phenoxy) is 3. The Balaban J connectivity index is 1.64. The third kappa shape index (κ3) is 8.83. The Morgan fingerprint density at radius 1 is 1.13 bits per heavy atom. The van der Waals surface area contributed by atoms with Crippen LogP contribution in [0.25, 0.3) is 5.65 Å². The zero-order valence-corrected chi connectivity index (χ0v) is 27.9. The van der Waals surface area contributed by atoms with Crippen molar-refractivity contribution in [3.63, 3.8) is 0 Å². The average molecular weight is 648 g/mol. The van der Waals surface area contributed by atoms with Crippen molar-refractivity contribution in [3.05, 3.63) is 78.2 Å². The number of carboxylic acid groups (broad SMARTS) is 1. The van der Waals surface area contributed by atoms with Crippen LogP contribution in [0.4, 0.5) is 5.82 Å². The van der Waals surface area contributed by atoms with Crippen LogP contribution in [0.3, 0.4) is 0 Å². The number of para-hydroxylation sites is 1. The molecular formula is C35H45N5O7. The largest absolute Gasteiger partial charge is 0.489 e. The number of benzene rings is 1. The standard InChI is InChI=1S/C35H45N5O7/c1-8-18-45-27-13-11-10-12-24(27)20-25(41)22-36-31(42)26-21-28-37-23(3)29(30(33(43)44)47-34(4,5)6)32(40(28)38-26)39-16-14-35(7,15-17-39)46-19-9-2/h8-13,21,30H,1-2,14-20,22H2,3-7H3,(H,36,42)(H,43,44). The third-order valence-electron chi connectivity index (χ3n) is 7.83. The second kappa shape index (κ2) is 14.9. The number of Topliss-reactive ketones (excluding diaryl/α,β-unsaturated/α-hetero) is 1.